The zero-order chi connectivity index (χ0) is 15.9. The number of benzene rings is 1. The molecule has 1 fully saturated rings. The number of hydrogen-bond acceptors (Lipinski definition) is 4. The summed E-state index contributed by atoms with van der Waals surface area (Å²) in [6, 6.07) is 6.05. The van der Waals surface area contributed by atoms with Crippen molar-refractivity contribution in [1.29, 1.82) is 0 Å². The molecule has 1 aliphatic rings. The largest absolute Gasteiger partial charge is 0.361 e. The number of rotatable bonds is 3. The van der Waals surface area contributed by atoms with Crippen molar-refractivity contribution in [3.8, 4) is 0 Å². The maximum absolute atomic E-state index is 12.9. The van der Waals surface area contributed by atoms with Gasteiger partial charge in [0.15, 0.2) is 0 Å². The molecule has 0 radical (unpaired) electrons. The fourth-order valence-electron chi connectivity index (χ4n) is 3.02. The minimum atomic E-state index is -3.56. The van der Waals surface area contributed by atoms with Crippen molar-refractivity contribution in [2.45, 2.75) is 37.6 Å². The molecule has 2 heterocycles. The first-order valence-electron chi connectivity index (χ1n) is 7.11. The number of hydrogen-bond donors (Lipinski definition) is 0. The van der Waals surface area contributed by atoms with Gasteiger partial charge in [-0.3, -0.25) is 0 Å². The summed E-state index contributed by atoms with van der Waals surface area (Å²) in [5.41, 5.74) is 1.63. The first kappa shape index (κ1) is 15.5. The van der Waals surface area contributed by atoms with E-state index in [1.807, 2.05) is 13.8 Å². The topological polar surface area (TPSA) is 63.4 Å². The predicted octanol–water partition coefficient (Wildman–Crippen LogP) is 3.47. The zero-order valence-corrected chi connectivity index (χ0v) is 14.0. The van der Waals surface area contributed by atoms with E-state index < -0.39 is 10.0 Å². The van der Waals surface area contributed by atoms with Gasteiger partial charge in [-0.25, -0.2) is 8.42 Å². The van der Waals surface area contributed by atoms with Gasteiger partial charge in [0.05, 0.1) is 16.6 Å². The fourth-order valence-corrected chi connectivity index (χ4v) is 4.82. The summed E-state index contributed by atoms with van der Waals surface area (Å²) in [5.74, 6) is 0.681. The van der Waals surface area contributed by atoms with E-state index in [2.05, 4.69) is 5.16 Å². The lowest BCUT2D eigenvalue weighted by molar-refractivity contribution is 0.376. The third kappa shape index (κ3) is 2.55. The minimum Gasteiger partial charge on any atom is -0.361 e. The van der Waals surface area contributed by atoms with Crippen LogP contribution in [0.15, 0.2) is 33.7 Å². The smallest absolute Gasteiger partial charge is 0.243 e. The van der Waals surface area contributed by atoms with E-state index in [0.29, 0.717) is 17.3 Å². The Kier molecular flexibility index (Phi) is 4.01. The average Bonchev–Trinajstić information content (AvgIpc) is 3.06. The summed E-state index contributed by atoms with van der Waals surface area (Å²) in [6.45, 7) is 4.16. The SMILES string of the molecule is Cc1noc(C)c1C1CCCN1S(=O)(=O)c1ccc(Cl)cc1. The van der Waals surface area contributed by atoms with Gasteiger partial charge in [-0.2, -0.15) is 4.31 Å². The molecule has 0 amide bonds. The third-order valence-corrected chi connectivity index (χ3v) is 6.22. The Balaban J connectivity index is 2.01. The van der Waals surface area contributed by atoms with Crippen LogP contribution in [-0.2, 0) is 10.0 Å². The second kappa shape index (κ2) is 5.68. The van der Waals surface area contributed by atoms with Crippen molar-refractivity contribution in [2.75, 3.05) is 6.54 Å². The highest BCUT2D eigenvalue weighted by atomic mass is 35.5. The van der Waals surface area contributed by atoms with Gasteiger partial charge < -0.3 is 4.52 Å². The molecule has 1 saturated heterocycles. The Morgan fingerprint density at radius 1 is 1.27 bits per heavy atom. The molecule has 0 saturated carbocycles. The van der Waals surface area contributed by atoms with Gasteiger partial charge in [0, 0.05) is 17.1 Å². The van der Waals surface area contributed by atoms with Gasteiger partial charge in [-0.1, -0.05) is 16.8 Å². The number of aromatic nitrogens is 1. The third-order valence-electron chi connectivity index (χ3n) is 4.05. The van der Waals surface area contributed by atoms with Crippen molar-refractivity contribution in [2.24, 2.45) is 0 Å². The molecule has 5 nitrogen and oxygen atoms in total. The van der Waals surface area contributed by atoms with E-state index in [1.54, 1.807) is 28.6 Å². The highest BCUT2D eigenvalue weighted by molar-refractivity contribution is 7.89. The molecule has 2 aromatic rings. The molecule has 1 aromatic carbocycles. The molecule has 0 N–H and O–H groups in total. The molecule has 7 heteroatoms. The Morgan fingerprint density at radius 3 is 2.55 bits per heavy atom. The van der Waals surface area contributed by atoms with E-state index in [1.165, 1.54) is 0 Å². The summed E-state index contributed by atoms with van der Waals surface area (Å²) in [4.78, 5) is 0.260. The van der Waals surface area contributed by atoms with Gasteiger partial charge in [0.25, 0.3) is 0 Å². The second-order valence-electron chi connectivity index (χ2n) is 5.47. The summed E-state index contributed by atoms with van der Waals surface area (Å²) in [6.07, 6.45) is 1.59. The number of halogens is 1. The van der Waals surface area contributed by atoms with Crippen LogP contribution in [0.5, 0.6) is 0 Å². The second-order valence-corrected chi connectivity index (χ2v) is 7.79. The highest BCUT2D eigenvalue weighted by Crippen LogP contribution is 2.39. The van der Waals surface area contributed by atoms with E-state index >= 15 is 0 Å². The quantitative estimate of drug-likeness (QED) is 0.858. The van der Waals surface area contributed by atoms with E-state index in [0.717, 1.165) is 24.1 Å². The monoisotopic (exact) mass is 340 g/mol. The first-order chi connectivity index (χ1) is 10.4. The molecule has 0 spiro atoms. The first-order valence-corrected chi connectivity index (χ1v) is 8.93. The number of aryl methyl sites for hydroxylation is 2. The van der Waals surface area contributed by atoms with Gasteiger partial charge >= 0.3 is 0 Å². The van der Waals surface area contributed by atoms with E-state index in [-0.39, 0.29) is 10.9 Å². The fraction of sp³-hybridized carbons (Fsp3) is 0.400. The summed E-state index contributed by atoms with van der Waals surface area (Å²) in [7, 11) is -3.56. The maximum atomic E-state index is 12.9. The Labute approximate surface area is 134 Å². The van der Waals surface area contributed by atoms with Crippen LogP contribution in [0.1, 0.15) is 35.9 Å². The summed E-state index contributed by atoms with van der Waals surface area (Å²) in [5, 5.41) is 4.46. The van der Waals surface area contributed by atoms with Crippen molar-refractivity contribution >= 4 is 21.6 Å². The molecule has 3 rings (SSSR count). The van der Waals surface area contributed by atoms with Gasteiger partial charge in [0.1, 0.15) is 5.76 Å². The van der Waals surface area contributed by atoms with E-state index in [4.69, 9.17) is 16.1 Å². The molecule has 1 aromatic heterocycles. The lowest BCUT2D eigenvalue weighted by Crippen LogP contribution is -2.31. The summed E-state index contributed by atoms with van der Waals surface area (Å²) < 4.78 is 32.6. The standard InChI is InChI=1S/C15H17ClN2O3S/c1-10-15(11(2)21-17-10)14-4-3-9-18(14)22(19,20)13-7-5-12(16)6-8-13/h5-8,14H,3-4,9H2,1-2H3. The Morgan fingerprint density at radius 2 is 1.95 bits per heavy atom. The molecule has 118 valence electrons. The van der Waals surface area contributed by atoms with Crippen LogP contribution in [0.3, 0.4) is 0 Å². The van der Waals surface area contributed by atoms with E-state index in [9.17, 15) is 8.42 Å². The van der Waals surface area contributed by atoms with Crippen molar-refractivity contribution in [3.05, 3.63) is 46.3 Å². The van der Waals surface area contributed by atoms with Crippen molar-refractivity contribution in [1.82, 2.24) is 9.46 Å². The Hall–Kier alpha value is -1.37. The molecular weight excluding hydrogens is 324 g/mol. The molecule has 1 atom stereocenters. The van der Waals surface area contributed by atoms with Crippen LogP contribution in [0.25, 0.3) is 0 Å². The number of sulfonamides is 1. The minimum absolute atomic E-state index is 0.216. The van der Waals surface area contributed by atoms with Crippen LogP contribution in [0.4, 0.5) is 0 Å². The molecule has 1 aliphatic heterocycles. The Bertz CT molecular complexity index is 764. The van der Waals surface area contributed by atoms with Gasteiger partial charge in [-0.15, -0.1) is 0 Å². The van der Waals surface area contributed by atoms with Gasteiger partial charge in [0.2, 0.25) is 10.0 Å². The predicted molar refractivity (Wildman–Crippen MR) is 83.3 cm³/mol. The molecule has 0 bridgehead atoms. The van der Waals surface area contributed by atoms with Crippen LogP contribution in [0, 0.1) is 13.8 Å². The van der Waals surface area contributed by atoms with Crippen LogP contribution in [0.2, 0.25) is 5.02 Å². The van der Waals surface area contributed by atoms with Crippen molar-refractivity contribution in [3.63, 3.8) is 0 Å². The van der Waals surface area contributed by atoms with Crippen LogP contribution >= 0.6 is 11.6 Å². The molecule has 22 heavy (non-hydrogen) atoms. The lowest BCUT2D eigenvalue weighted by Gasteiger charge is -2.24. The zero-order valence-electron chi connectivity index (χ0n) is 12.4. The normalized spacial score (nSPS) is 19.7. The molecule has 1 unspecified atom stereocenters. The molecule has 0 aliphatic carbocycles. The highest BCUT2D eigenvalue weighted by Gasteiger charge is 2.38. The average molecular weight is 341 g/mol. The van der Waals surface area contributed by atoms with Gasteiger partial charge in [-0.05, 0) is 51.0 Å². The summed E-state index contributed by atoms with van der Waals surface area (Å²) >= 11 is 5.84. The van der Waals surface area contributed by atoms with Crippen molar-refractivity contribution < 1.29 is 12.9 Å². The molecular formula is C15H17ClN2O3S. The van der Waals surface area contributed by atoms with Crippen LogP contribution in [-0.4, -0.2) is 24.4 Å². The lowest BCUT2D eigenvalue weighted by atomic mass is 10.0. The maximum Gasteiger partial charge on any atom is 0.243 e. The number of nitrogens with zero attached hydrogens (tertiary/aromatic N) is 2. The van der Waals surface area contributed by atoms with Crippen LogP contribution < -0.4 is 0 Å².